The first-order valence-corrected chi connectivity index (χ1v) is 10.2. The summed E-state index contributed by atoms with van der Waals surface area (Å²) in [5.74, 6) is 6.93. The van der Waals surface area contributed by atoms with Gasteiger partial charge in [0.15, 0.2) is 5.82 Å². The summed E-state index contributed by atoms with van der Waals surface area (Å²) in [5, 5.41) is 10.2. The third-order valence-corrected chi connectivity index (χ3v) is 4.36. The maximum atomic E-state index is 12.8. The zero-order valence-corrected chi connectivity index (χ0v) is 18.5. The average molecular weight is 434 g/mol. The number of nitrogens with one attached hydrogen (secondary N) is 2. The molecule has 0 saturated heterocycles. The number of hydrogen-bond acceptors (Lipinski definition) is 6. The summed E-state index contributed by atoms with van der Waals surface area (Å²) in [6, 6.07) is 10.9. The number of ether oxygens (including phenoxy) is 2. The molecule has 2 heterocycles. The van der Waals surface area contributed by atoms with Gasteiger partial charge in [-0.15, -0.1) is 0 Å². The molecule has 0 spiro atoms. The van der Waals surface area contributed by atoms with Crippen LogP contribution in [0.4, 0.5) is 5.82 Å². The van der Waals surface area contributed by atoms with Gasteiger partial charge in [-0.3, -0.25) is 14.5 Å². The number of carbonyl (C=O) groups excluding carboxylic acids is 1. The normalized spacial score (nSPS) is 11.3. The molecule has 0 aliphatic rings. The molecule has 2 aromatic heterocycles. The van der Waals surface area contributed by atoms with Gasteiger partial charge < -0.3 is 20.1 Å². The van der Waals surface area contributed by atoms with Crippen LogP contribution in [0.15, 0.2) is 55.0 Å². The summed E-state index contributed by atoms with van der Waals surface area (Å²) in [7, 11) is 3.41. The predicted molar refractivity (Wildman–Crippen MR) is 122 cm³/mol. The first-order chi connectivity index (χ1) is 15.5. The third-order valence-electron chi connectivity index (χ3n) is 4.36. The van der Waals surface area contributed by atoms with E-state index in [4.69, 9.17) is 9.47 Å². The number of nitrogens with zero attached hydrogens (tertiary/aromatic N) is 3. The van der Waals surface area contributed by atoms with Crippen LogP contribution in [-0.2, 0) is 18.3 Å². The minimum absolute atomic E-state index is 0.170. The van der Waals surface area contributed by atoms with Gasteiger partial charge in [-0.2, -0.15) is 5.10 Å². The molecule has 3 aromatic rings. The number of hydrogen-bond donors (Lipinski definition) is 2. The summed E-state index contributed by atoms with van der Waals surface area (Å²) in [6.45, 7) is 3.51. The monoisotopic (exact) mass is 433 g/mol. The van der Waals surface area contributed by atoms with E-state index in [0.29, 0.717) is 42.4 Å². The van der Waals surface area contributed by atoms with E-state index in [1.165, 1.54) is 0 Å². The Kier molecular flexibility index (Phi) is 8.37. The minimum atomic E-state index is -0.286. The van der Waals surface area contributed by atoms with Crippen molar-refractivity contribution in [1.82, 2.24) is 20.1 Å². The SMILES string of the molecule is COC[C@H](C)Oc1cc(C#CCNCc2cccnc2)cc(C(=O)Nc2ccn(C)n2)c1. The number of aryl methyl sites for hydroxylation is 1. The molecule has 0 bridgehead atoms. The van der Waals surface area contributed by atoms with Gasteiger partial charge in [0.1, 0.15) is 11.9 Å². The fourth-order valence-electron chi connectivity index (χ4n) is 2.96. The lowest BCUT2D eigenvalue weighted by atomic mass is 10.1. The molecular weight excluding hydrogens is 406 g/mol. The lowest BCUT2D eigenvalue weighted by Crippen LogP contribution is -2.19. The number of carbonyl (C=O) groups is 1. The Balaban J connectivity index is 1.71. The van der Waals surface area contributed by atoms with Gasteiger partial charge in [0, 0.05) is 56.5 Å². The molecule has 1 aromatic carbocycles. The largest absolute Gasteiger partial charge is 0.488 e. The molecule has 8 heteroatoms. The summed E-state index contributed by atoms with van der Waals surface area (Å²) < 4.78 is 12.7. The number of amides is 1. The average Bonchev–Trinajstić information content (AvgIpc) is 3.18. The Morgan fingerprint density at radius 2 is 2.16 bits per heavy atom. The van der Waals surface area contributed by atoms with Gasteiger partial charge in [-0.05, 0) is 36.8 Å². The molecule has 0 radical (unpaired) electrons. The lowest BCUT2D eigenvalue weighted by molar-refractivity contribution is 0.0917. The fourth-order valence-corrected chi connectivity index (χ4v) is 2.96. The zero-order chi connectivity index (χ0) is 22.8. The fraction of sp³-hybridized carbons (Fsp3) is 0.292. The van der Waals surface area contributed by atoms with Crippen LogP contribution in [-0.4, -0.2) is 47.0 Å². The van der Waals surface area contributed by atoms with Gasteiger partial charge in [0.25, 0.3) is 5.91 Å². The van der Waals surface area contributed by atoms with Crippen LogP contribution in [0, 0.1) is 11.8 Å². The van der Waals surface area contributed by atoms with Crippen LogP contribution in [0.3, 0.4) is 0 Å². The van der Waals surface area contributed by atoms with Crippen LogP contribution in [0.1, 0.15) is 28.4 Å². The van der Waals surface area contributed by atoms with Crippen molar-refractivity contribution in [2.45, 2.75) is 19.6 Å². The molecule has 1 amide bonds. The van der Waals surface area contributed by atoms with Crippen molar-refractivity contribution in [3.8, 4) is 17.6 Å². The quantitative estimate of drug-likeness (QED) is 0.398. The second-order valence-electron chi connectivity index (χ2n) is 7.23. The van der Waals surface area contributed by atoms with E-state index in [2.05, 4.69) is 32.6 Å². The number of rotatable bonds is 9. The number of benzene rings is 1. The number of pyridine rings is 1. The maximum absolute atomic E-state index is 12.8. The molecule has 32 heavy (non-hydrogen) atoms. The van der Waals surface area contributed by atoms with Crippen molar-refractivity contribution in [3.05, 3.63) is 71.7 Å². The van der Waals surface area contributed by atoms with Crippen molar-refractivity contribution in [3.63, 3.8) is 0 Å². The highest BCUT2D eigenvalue weighted by atomic mass is 16.5. The van der Waals surface area contributed by atoms with Crippen molar-refractivity contribution >= 4 is 11.7 Å². The van der Waals surface area contributed by atoms with Crippen molar-refractivity contribution in [2.75, 3.05) is 25.6 Å². The molecule has 0 aliphatic heterocycles. The van der Waals surface area contributed by atoms with Gasteiger partial charge in [0.2, 0.25) is 0 Å². The molecule has 1 atom stereocenters. The number of aromatic nitrogens is 3. The highest BCUT2D eigenvalue weighted by Crippen LogP contribution is 2.19. The van der Waals surface area contributed by atoms with E-state index in [1.54, 1.807) is 49.4 Å². The smallest absolute Gasteiger partial charge is 0.257 e. The first kappa shape index (κ1) is 23.0. The Morgan fingerprint density at radius 1 is 1.28 bits per heavy atom. The van der Waals surface area contributed by atoms with Gasteiger partial charge in [-0.25, -0.2) is 0 Å². The van der Waals surface area contributed by atoms with Crippen LogP contribution >= 0.6 is 0 Å². The Labute approximate surface area is 188 Å². The van der Waals surface area contributed by atoms with E-state index >= 15 is 0 Å². The zero-order valence-electron chi connectivity index (χ0n) is 18.5. The molecule has 3 rings (SSSR count). The van der Waals surface area contributed by atoms with Crippen molar-refractivity contribution < 1.29 is 14.3 Å². The lowest BCUT2D eigenvalue weighted by Gasteiger charge is -2.15. The molecule has 166 valence electrons. The molecule has 8 nitrogen and oxygen atoms in total. The highest BCUT2D eigenvalue weighted by molar-refractivity contribution is 6.04. The Morgan fingerprint density at radius 3 is 2.88 bits per heavy atom. The topological polar surface area (TPSA) is 90.3 Å². The number of methoxy groups -OCH3 is 1. The van der Waals surface area contributed by atoms with Gasteiger partial charge >= 0.3 is 0 Å². The second-order valence-corrected chi connectivity index (χ2v) is 7.23. The highest BCUT2D eigenvalue weighted by Gasteiger charge is 2.12. The van der Waals surface area contributed by atoms with Gasteiger partial charge in [-0.1, -0.05) is 17.9 Å². The van der Waals surface area contributed by atoms with Crippen LogP contribution in [0.5, 0.6) is 5.75 Å². The molecule has 0 unspecified atom stereocenters. The van der Waals surface area contributed by atoms with Crippen LogP contribution in [0.25, 0.3) is 0 Å². The summed E-state index contributed by atoms with van der Waals surface area (Å²) >= 11 is 0. The number of anilines is 1. The van der Waals surface area contributed by atoms with Crippen LogP contribution in [0.2, 0.25) is 0 Å². The standard InChI is InChI=1S/C24H27N5O3/c1-18(17-31-3)32-22-13-19(6-4-9-25-15-20-7-5-10-26-16-20)12-21(14-22)24(30)27-23-8-11-29(2)28-23/h5,7-8,10-14,16,18,25H,9,15,17H2,1-3H3,(H,27,28,30)/t18-/m0/s1. The van der Waals surface area contributed by atoms with E-state index in [9.17, 15) is 4.79 Å². The second kappa shape index (κ2) is 11.6. The van der Waals surface area contributed by atoms with E-state index < -0.39 is 0 Å². The van der Waals surface area contributed by atoms with Crippen molar-refractivity contribution in [2.24, 2.45) is 7.05 Å². The first-order valence-electron chi connectivity index (χ1n) is 10.2. The summed E-state index contributed by atoms with van der Waals surface area (Å²) in [5.41, 5.74) is 2.21. The molecule has 0 saturated carbocycles. The minimum Gasteiger partial charge on any atom is -0.488 e. The van der Waals surface area contributed by atoms with E-state index in [1.807, 2.05) is 31.3 Å². The van der Waals surface area contributed by atoms with Crippen LogP contribution < -0.4 is 15.4 Å². The Bertz CT molecular complexity index is 1090. The maximum Gasteiger partial charge on any atom is 0.257 e. The molecule has 0 aliphatic carbocycles. The van der Waals surface area contributed by atoms with Crippen molar-refractivity contribution in [1.29, 1.82) is 0 Å². The molecule has 2 N–H and O–H groups in total. The molecule has 0 fully saturated rings. The summed E-state index contributed by atoms with van der Waals surface area (Å²) in [4.78, 5) is 16.9. The van der Waals surface area contributed by atoms with E-state index in [-0.39, 0.29) is 12.0 Å². The predicted octanol–water partition coefficient (Wildman–Crippen LogP) is 2.62. The third kappa shape index (κ3) is 7.23. The molecular formula is C24H27N5O3. The summed E-state index contributed by atoms with van der Waals surface area (Å²) in [6.07, 6.45) is 5.15. The van der Waals surface area contributed by atoms with Gasteiger partial charge in [0.05, 0.1) is 13.2 Å². The van der Waals surface area contributed by atoms with E-state index in [0.717, 1.165) is 5.56 Å². The Hall–Kier alpha value is -3.67.